The number of aliphatic hydroxyl groups excluding tert-OH is 1. The summed E-state index contributed by atoms with van der Waals surface area (Å²) in [5.74, 6) is 1.03. The molecule has 104 valence electrons. The van der Waals surface area contributed by atoms with Gasteiger partial charge >= 0.3 is 0 Å². The highest BCUT2D eigenvalue weighted by molar-refractivity contribution is 7.99. The lowest BCUT2D eigenvalue weighted by molar-refractivity contribution is 0.198. The number of aliphatic hydroxyl groups is 1. The predicted octanol–water partition coefficient (Wildman–Crippen LogP) is 1.46. The van der Waals surface area contributed by atoms with Gasteiger partial charge in [-0.25, -0.2) is 0 Å². The Kier molecular flexibility index (Phi) is 4.55. The summed E-state index contributed by atoms with van der Waals surface area (Å²) in [5, 5.41) is 21.8. The number of amidine groups is 1. The van der Waals surface area contributed by atoms with Crippen molar-refractivity contribution in [3.8, 4) is 0 Å². The Bertz CT molecular complexity index is 479. The fraction of sp³-hybridized carbons (Fsp3) is 0.462. The minimum absolute atomic E-state index is 0.118. The molecule has 1 aromatic rings. The quantitative estimate of drug-likeness (QED) is 0.256. The molecular formula is C13H19N3O2S. The van der Waals surface area contributed by atoms with E-state index in [0.717, 1.165) is 34.9 Å². The molecule has 0 amide bonds. The van der Waals surface area contributed by atoms with Crippen LogP contribution in [0, 0.1) is 0 Å². The van der Waals surface area contributed by atoms with E-state index >= 15 is 0 Å². The van der Waals surface area contributed by atoms with Crippen molar-refractivity contribution in [2.45, 2.75) is 24.3 Å². The van der Waals surface area contributed by atoms with E-state index in [4.69, 9.17) is 10.9 Å². The van der Waals surface area contributed by atoms with E-state index in [0.29, 0.717) is 6.54 Å². The van der Waals surface area contributed by atoms with Gasteiger partial charge in [-0.15, -0.1) is 11.8 Å². The Morgan fingerprint density at radius 1 is 1.58 bits per heavy atom. The van der Waals surface area contributed by atoms with Crippen LogP contribution in [-0.4, -0.2) is 41.1 Å². The predicted molar refractivity (Wildman–Crippen MR) is 78.2 cm³/mol. The number of nitrogens with two attached hydrogens (primary N) is 1. The van der Waals surface area contributed by atoms with Gasteiger partial charge in [0.05, 0.1) is 11.7 Å². The van der Waals surface area contributed by atoms with Crippen molar-refractivity contribution in [2.75, 3.05) is 23.7 Å². The summed E-state index contributed by atoms with van der Waals surface area (Å²) in [7, 11) is 0. The Morgan fingerprint density at radius 3 is 2.95 bits per heavy atom. The number of benzene rings is 1. The second-order valence-electron chi connectivity index (χ2n) is 4.46. The molecular weight excluding hydrogens is 262 g/mol. The zero-order valence-electron chi connectivity index (χ0n) is 10.9. The number of β-amino-alcohol motifs (C(OH)–C–C–N with tert-alkyl or cyclic N) is 1. The van der Waals surface area contributed by atoms with Gasteiger partial charge in [0.1, 0.15) is 0 Å². The smallest absolute Gasteiger partial charge is 0.173 e. The van der Waals surface area contributed by atoms with Crippen LogP contribution in [0.4, 0.5) is 5.69 Å². The first-order valence-electron chi connectivity index (χ1n) is 6.34. The number of hydrogen-bond donors (Lipinski definition) is 3. The first kappa shape index (κ1) is 14.0. The Labute approximate surface area is 117 Å². The van der Waals surface area contributed by atoms with Crippen molar-refractivity contribution in [1.82, 2.24) is 0 Å². The van der Waals surface area contributed by atoms with Gasteiger partial charge in [-0.05, 0) is 24.3 Å². The molecule has 4 N–H and O–H groups in total. The topological polar surface area (TPSA) is 82.1 Å². The number of rotatable bonds is 4. The van der Waals surface area contributed by atoms with E-state index in [1.54, 1.807) is 11.8 Å². The summed E-state index contributed by atoms with van der Waals surface area (Å²) in [4.78, 5) is 3.08. The van der Waals surface area contributed by atoms with Crippen LogP contribution >= 0.6 is 11.8 Å². The van der Waals surface area contributed by atoms with Crippen LogP contribution in [0.2, 0.25) is 0 Å². The lowest BCUT2D eigenvalue weighted by Gasteiger charge is -2.22. The summed E-state index contributed by atoms with van der Waals surface area (Å²) >= 11 is 1.66. The highest BCUT2D eigenvalue weighted by Crippen LogP contribution is 2.32. The van der Waals surface area contributed by atoms with Gasteiger partial charge in [0, 0.05) is 23.7 Å². The van der Waals surface area contributed by atoms with Crippen molar-refractivity contribution in [3.05, 3.63) is 23.8 Å². The molecule has 0 radical (unpaired) electrons. The van der Waals surface area contributed by atoms with Crippen molar-refractivity contribution >= 4 is 23.3 Å². The van der Waals surface area contributed by atoms with E-state index in [1.165, 1.54) is 0 Å². The molecule has 1 fully saturated rings. The van der Waals surface area contributed by atoms with Gasteiger partial charge in [0.25, 0.3) is 0 Å². The van der Waals surface area contributed by atoms with Crippen LogP contribution in [0.3, 0.4) is 0 Å². The molecule has 1 unspecified atom stereocenters. The summed E-state index contributed by atoms with van der Waals surface area (Å²) in [5.41, 5.74) is 7.50. The van der Waals surface area contributed by atoms with Crippen molar-refractivity contribution in [2.24, 2.45) is 10.9 Å². The van der Waals surface area contributed by atoms with Gasteiger partial charge in [0.2, 0.25) is 0 Å². The second kappa shape index (κ2) is 6.16. The molecule has 0 aromatic heterocycles. The molecule has 1 heterocycles. The Balaban J connectivity index is 2.44. The van der Waals surface area contributed by atoms with Crippen LogP contribution in [0.15, 0.2) is 28.3 Å². The van der Waals surface area contributed by atoms with Gasteiger partial charge < -0.3 is 20.9 Å². The molecule has 1 saturated heterocycles. The maximum Gasteiger partial charge on any atom is 0.173 e. The van der Waals surface area contributed by atoms with Crippen LogP contribution in [0.5, 0.6) is 0 Å². The molecule has 0 spiro atoms. The summed E-state index contributed by atoms with van der Waals surface area (Å²) in [6, 6.07) is 5.88. The van der Waals surface area contributed by atoms with Gasteiger partial charge in [-0.1, -0.05) is 18.1 Å². The van der Waals surface area contributed by atoms with E-state index < -0.39 is 0 Å². The van der Waals surface area contributed by atoms with Crippen LogP contribution in [0.25, 0.3) is 0 Å². The fourth-order valence-electron chi connectivity index (χ4n) is 2.33. The highest BCUT2D eigenvalue weighted by atomic mass is 32.2. The number of oxime groups is 1. The molecule has 6 heteroatoms. The zero-order valence-corrected chi connectivity index (χ0v) is 11.7. The highest BCUT2D eigenvalue weighted by Gasteiger charge is 2.24. The van der Waals surface area contributed by atoms with Gasteiger partial charge in [-0.2, -0.15) is 0 Å². The first-order chi connectivity index (χ1) is 9.17. The third kappa shape index (κ3) is 2.96. The van der Waals surface area contributed by atoms with Gasteiger partial charge in [-0.3, -0.25) is 0 Å². The average molecular weight is 281 g/mol. The number of anilines is 1. The lowest BCUT2D eigenvalue weighted by Crippen LogP contribution is -2.26. The summed E-state index contributed by atoms with van der Waals surface area (Å²) in [6.45, 7) is 3.44. The molecule has 19 heavy (non-hydrogen) atoms. The van der Waals surface area contributed by atoms with Crippen molar-refractivity contribution in [3.63, 3.8) is 0 Å². The van der Waals surface area contributed by atoms with Crippen molar-refractivity contribution < 1.29 is 10.3 Å². The van der Waals surface area contributed by atoms with E-state index in [-0.39, 0.29) is 11.9 Å². The normalized spacial score (nSPS) is 20.0. The Morgan fingerprint density at radius 2 is 2.37 bits per heavy atom. The SMILES string of the molecule is CCSc1cccc(N2CCC(O)C2)c1/C(N)=N/O. The Hall–Kier alpha value is -1.40. The molecule has 2 rings (SSSR count). The fourth-order valence-corrected chi connectivity index (χ4v) is 3.17. The second-order valence-corrected chi connectivity index (χ2v) is 5.76. The molecule has 1 aliphatic heterocycles. The van der Waals surface area contributed by atoms with E-state index in [9.17, 15) is 5.11 Å². The number of thioether (sulfide) groups is 1. The maximum absolute atomic E-state index is 9.66. The maximum atomic E-state index is 9.66. The monoisotopic (exact) mass is 281 g/mol. The number of hydrogen-bond acceptors (Lipinski definition) is 5. The molecule has 0 saturated carbocycles. The third-order valence-electron chi connectivity index (χ3n) is 3.17. The van der Waals surface area contributed by atoms with Gasteiger partial charge in [0.15, 0.2) is 5.84 Å². The molecule has 1 atom stereocenters. The third-order valence-corrected chi connectivity index (χ3v) is 4.11. The standard InChI is InChI=1S/C13H19N3O2S/c1-2-19-11-5-3-4-10(12(11)13(14)15-18)16-7-6-9(17)8-16/h3-5,9,17-18H,2,6-8H2,1H3,(H2,14,15). The first-order valence-corrected chi connectivity index (χ1v) is 7.32. The van der Waals surface area contributed by atoms with E-state index in [2.05, 4.69) is 17.0 Å². The summed E-state index contributed by atoms with van der Waals surface area (Å²) in [6.07, 6.45) is 0.448. The average Bonchev–Trinajstić information content (AvgIpc) is 2.84. The van der Waals surface area contributed by atoms with Crippen LogP contribution < -0.4 is 10.6 Å². The summed E-state index contributed by atoms with van der Waals surface area (Å²) < 4.78 is 0. The molecule has 5 nitrogen and oxygen atoms in total. The lowest BCUT2D eigenvalue weighted by atomic mass is 10.1. The van der Waals surface area contributed by atoms with Crippen molar-refractivity contribution in [1.29, 1.82) is 0 Å². The zero-order chi connectivity index (χ0) is 13.8. The minimum atomic E-state index is -0.303. The molecule has 0 bridgehead atoms. The van der Waals surface area contributed by atoms with Crippen LogP contribution in [0.1, 0.15) is 18.9 Å². The van der Waals surface area contributed by atoms with E-state index in [1.807, 2.05) is 18.2 Å². The molecule has 0 aliphatic carbocycles. The minimum Gasteiger partial charge on any atom is -0.409 e. The largest absolute Gasteiger partial charge is 0.409 e. The molecule has 1 aliphatic rings. The van der Waals surface area contributed by atoms with Crippen LogP contribution in [-0.2, 0) is 0 Å². The molecule has 1 aromatic carbocycles. The number of nitrogens with zero attached hydrogens (tertiary/aromatic N) is 2.